The Morgan fingerprint density at radius 3 is 1.19 bits per heavy atom. The molecule has 0 saturated carbocycles. The van der Waals surface area contributed by atoms with Gasteiger partial charge in [0.25, 0.3) is 0 Å². The Kier molecular flexibility index (Phi) is 9.10. The van der Waals surface area contributed by atoms with Crippen LogP contribution in [0.25, 0.3) is 0 Å². The van der Waals surface area contributed by atoms with Crippen LogP contribution in [0.15, 0.2) is 0 Å². The molecule has 0 aliphatic heterocycles. The van der Waals surface area contributed by atoms with Gasteiger partial charge < -0.3 is 0 Å². The van der Waals surface area contributed by atoms with Crippen molar-refractivity contribution in [1.29, 1.82) is 0 Å². The normalized spacial score (nSPS) is 10.3. The second-order valence-corrected chi connectivity index (χ2v) is 19.0. The molecule has 0 radical (unpaired) electrons. The average Bonchev–Trinajstić information content (AvgIpc) is 2.15. The fourth-order valence-corrected chi connectivity index (χ4v) is 15.2. The van der Waals surface area contributed by atoms with Crippen LogP contribution in [0.4, 0.5) is 0 Å². The van der Waals surface area contributed by atoms with Gasteiger partial charge in [0.05, 0.1) is 0 Å². The SMILES string of the molecule is O=C(O)CS[As](SCC(=O)O)SCC(=O)O. The first kappa shape index (κ1) is 16.0. The molecule has 0 aliphatic rings. The third kappa shape index (κ3) is 10.5. The zero-order chi connectivity index (χ0) is 12.6. The number of hydrogen-bond donors (Lipinski definition) is 3. The van der Waals surface area contributed by atoms with E-state index in [-0.39, 0.29) is 17.3 Å². The molecular formula is C6H9AsO6S3. The molecule has 3 N–H and O–H groups in total. The monoisotopic (exact) mass is 348 g/mol. The molecule has 0 unspecified atom stereocenters. The number of hydrogen-bond acceptors (Lipinski definition) is 6. The topological polar surface area (TPSA) is 112 Å². The Balaban J connectivity index is 3.98. The molecule has 0 saturated heterocycles. The number of carbonyl (C=O) groups is 3. The molecule has 0 amide bonds. The van der Waals surface area contributed by atoms with Crippen molar-refractivity contribution < 1.29 is 29.7 Å². The molecule has 92 valence electrons. The molecule has 0 heterocycles. The molecule has 0 aromatic carbocycles. The number of carboxylic acids is 3. The van der Waals surface area contributed by atoms with Gasteiger partial charge in [-0.25, -0.2) is 0 Å². The molecule has 0 aliphatic carbocycles. The van der Waals surface area contributed by atoms with Crippen LogP contribution in [0, 0.1) is 0 Å². The van der Waals surface area contributed by atoms with E-state index in [9.17, 15) is 14.4 Å². The molecule has 6 nitrogen and oxygen atoms in total. The molecule has 0 atom stereocenters. The molecule has 0 bridgehead atoms. The van der Waals surface area contributed by atoms with E-state index < -0.39 is 29.1 Å². The summed E-state index contributed by atoms with van der Waals surface area (Å²) >= 11 is -1.86. The fourth-order valence-electron chi connectivity index (χ4n) is 0.436. The molecule has 10 heteroatoms. The van der Waals surface area contributed by atoms with Gasteiger partial charge in [-0.05, 0) is 0 Å². The average molecular weight is 348 g/mol. The molecule has 0 rings (SSSR count). The van der Waals surface area contributed by atoms with Gasteiger partial charge in [0.2, 0.25) is 0 Å². The van der Waals surface area contributed by atoms with Crippen LogP contribution in [0.2, 0.25) is 0 Å². The van der Waals surface area contributed by atoms with Gasteiger partial charge >= 0.3 is 106 Å². The minimum absolute atomic E-state index is 0.112. The van der Waals surface area contributed by atoms with Gasteiger partial charge in [0, 0.05) is 0 Å². The van der Waals surface area contributed by atoms with Crippen LogP contribution < -0.4 is 0 Å². The Labute approximate surface area is 106 Å². The van der Waals surface area contributed by atoms with Crippen molar-refractivity contribution in [3.05, 3.63) is 0 Å². The molecule has 0 aromatic rings. The summed E-state index contributed by atoms with van der Waals surface area (Å²) in [5, 5.41) is 25.4. The van der Waals surface area contributed by atoms with Gasteiger partial charge in [-0.1, -0.05) is 0 Å². The summed E-state index contributed by atoms with van der Waals surface area (Å²) in [6.07, 6.45) is 0. The van der Waals surface area contributed by atoms with Crippen molar-refractivity contribution in [3.63, 3.8) is 0 Å². The molecule has 0 spiro atoms. The minimum atomic E-state index is -1.86. The quantitative estimate of drug-likeness (QED) is 0.511. The van der Waals surface area contributed by atoms with Gasteiger partial charge in [0.15, 0.2) is 0 Å². The number of rotatable bonds is 9. The summed E-state index contributed by atoms with van der Waals surface area (Å²) in [5.74, 6) is -3.26. The molecule has 0 fully saturated rings. The van der Waals surface area contributed by atoms with E-state index in [1.807, 2.05) is 0 Å². The Bertz CT molecular complexity index is 230. The van der Waals surface area contributed by atoms with Crippen molar-refractivity contribution in [3.8, 4) is 0 Å². The van der Waals surface area contributed by atoms with Gasteiger partial charge in [-0.2, -0.15) is 0 Å². The third-order valence-electron chi connectivity index (χ3n) is 0.880. The van der Waals surface area contributed by atoms with E-state index in [0.717, 1.165) is 30.1 Å². The van der Waals surface area contributed by atoms with Crippen molar-refractivity contribution in [2.75, 3.05) is 17.3 Å². The van der Waals surface area contributed by atoms with Gasteiger partial charge in [-0.15, -0.1) is 0 Å². The molecular weight excluding hydrogens is 339 g/mol. The first-order chi connectivity index (χ1) is 7.41. The Morgan fingerprint density at radius 2 is 1.00 bits per heavy atom. The van der Waals surface area contributed by atoms with E-state index in [1.165, 1.54) is 0 Å². The van der Waals surface area contributed by atoms with E-state index in [1.54, 1.807) is 0 Å². The summed E-state index contributed by atoms with van der Waals surface area (Å²) in [6, 6.07) is 0. The van der Waals surface area contributed by atoms with Crippen molar-refractivity contribution in [1.82, 2.24) is 0 Å². The Morgan fingerprint density at radius 1 is 0.750 bits per heavy atom. The third-order valence-corrected chi connectivity index (χ3v) is 18.9. The molecule has 16 heavy (non-hydrogen) atoms. The summed E-state index contributed by atoms with van der Waals surface area (Å²) in [5.41, 5.74) is 0. The van der Waals surface area contributed by atoms with Crippen LogP contribution in [0.1, 0.15) is 0 Å². The summed E-state index contributed by atoms with van der Waals surface area (Å²) in [6.45, 7) is 0. The maximum atomic E-state index is 10.3. The van der Waals surface area contributed by atoms with E-state index in [0.29, 0.717) is 0 Å². The van der Waals surface area contributed by atoms with Crippen LogP contribution in [0.3, 0.4) is 0 Å². The zero-order valence-corrected chi connectivity index (χ0v) is 12.2. The predicted molar refractivity (Wildman–Crippen MR) is 66.0 cm³/mol. The first-order valence-electron chi connectivity index (χ1n) is 3.76. The number of aliphatic carboxylic acids is 3. The van der Waals surface area contributed by atoms with E-state index in [4.69, 9.17) is 15.3 Å². The predicted octanol–water partition coefficient (Wildman–Crippen LogP) is 0.425. The van der Waals surface area contributed by atoms with Crippen LogP contribution in [-0.4, -0.2) is 61.7 Å². The summed E-state index contributed by atoms with van der Waals surface area (Å²) in [7, 11) is 3.48. The van der Waals surface area contributed by atoms with Crippen LogP contribution in [0.5, 0.6) is 0 Å². The van der Waals surface area contributed by atoms with Crippen LogP contribution >= 0.6 is 30.1 Å². The summed E-state index contributed by atoms with van der Waals surface area (Å²) < 4.78 is 0. The summed E-state index contributed by atoms with van der Waals surface area (Å²) in [4.78, 5) is 31.0. The van der Waals surface area contributed by atoms with Gasteiger partial charge in [-0.3, -0.25) is 0 Å². The second kappa shape index (κ2) is 9.09. The standard InChI is InChI=1S/C6H9AsO6S3/c8-4(9)1-14-7(15-2-5(10)11)16-3-6(12)13/h1-3H2,(H,8,9)(H,10,11)(H,12,13). The van der Waals surface area contributed by atoms with Crippen molar-refractivity contribution in [2.45, 2.75) is 0 Å². The fraction of sp³-hybridized carbons (Fsp3) is 0.500. The first-order valence-corrected chi connectivity index (χ1v) is 13.5. The van der Waals surface area contributed by atoms with Crippen molar-refractivity contribution >= 4 is 59.2 Å². The number of carboxylic acid groups (broad SMARTS) is 3. The van der Waals surface area contributed by atoms with Crippen molar-refractivity contribution in [2.24, 2.45) is 0 Å². The van der Waals surface area contributed by atoms with Crippen LogP contribution in [-0.2, 0) is 14.4 Å². The Hall–Kier alpha value is 0.0184. The maximum absolute atomic E-state index is 10.3. The second-order valence-electron chi connectivity index (χ2n) is 2.23. The van der Waals surface area contributed by atoms with E-state index >= 15 is 0 Å². The van der Waals surface area contributed by atoms with Gasteiger partial charge in [0.1, 0.15) is 0 Å². The molecule has 0 aromatic heterocycles. The van der Waals surface area contributed by atoms with E-state index in [2.05, 4.69) is 0 Å². The zero-order valence-electron chi connectivity index (χ0n) is 7.86.